The van der Waals surface area contributed by atoms with Gasteiger partial charge in [-0.15, -0.1) is 5.48 Å². The number of carbonyl (C=O) groups excluding carboxylic acids is 1. The SMILES string of the molecule is CCCCC(=O)ONC(c1ccc(B2OC(C)(C)C(C)(C)O2)c(F)c1)C(F)(F)F. The van der Waals surface area contributed by atoms with E-state index < -0.39 is 47.9 Å². The van der Waals surface area contributed by atoms with Crippen molar-refractivity contribution in [2.75, 3.05) is 0 Å². The van der Waals surface area contributed by atoms with Crippen molar-refractivity contribution in [3.63, 3.8) is 0 Å². The number of carbonyl (C=O) groups is 1. The van der Waals surface area contributed by atoms with E-state index in [4.69, 9.17) is 9.31 Å². The number of benzene rings is 1. The second-order valence-electron chi connectivity index (χ2n) is 8.04. The summed E-state index contributed by atoms with van der Waals surface area (Å²) in [5.41, 5.74) is -0.148. The zero-order valence-electron chi connectivity index (χ0n) is 17.2. The summed E-state index contributed by atoms with van der Waals surface area (Å²) in [6.45, 7) is 8.99. The third-order valence-electron chi connectivity index (χ3n) is 5.22. The largest absolute Gasteiger partial charge is 0.497 e. The number of halogens is 4. The van der Waals surface area contributed by atoms with E-state index in [0.717, 1.165) is 12.1 Å². The first-order valence-corrected chi connectivity index (χ1v) is 9.45. The van der Waals surface area contributed by atoms with Gasteiger partial charge in [0.2, 0.25) is 0 Å². The molecule has 1 N–H and O–H groups in total. The van der Waals surface area contributed by atoms with Gasteiger partial charge < -0.3 is 14.1 Å². The minimum Gasteiger partial charge on any atom is -0.399 e. The topological polar surface area (TPSA) is 56.8 Å². The maximum atomic E-state index is 14.7. The standard InChI is InChI=1S/C19H26BF4NO4/c1-6-7-8-15(26)27-25-16(19(22,23)24)12-9-10-13(14(21)11-12)20-28-17(2,3)18(4,5)29-20/h9-11,16,25H,6-8H2,1-5H3. The first-order chi connectivity index (χ1) is 13.3. The second-order valence-corrected chi connectivity index (χ2v) is 8.04. The normalized spacial score (nSPS) is 19.3. The lowest BCUT2D eigenvalue weighted by atomic mass is 9.78. The lowest BCUT2D eigenvalue weighted by molar-refractivity contribution is -0.192. The second kappa shape index (κ2) is 8.61. The van der Waals surface area contributed by atoms with Gasteiger partial charge in [-0.2, -0.15) is 13.2 Å². The van der Waals surface area contributed by atoms with Crippen molar-refractivity contribution >= 4 is 18.6 Å². The van der Waals surface area contributed by atoms with Gasteiger partial charge in [-0.1, -0.05) is 25.5 Å². The third kappa shape index (κ3) is 5.49. The number of hydroxylamine groups is 1. The van der Waals surface area contributed by atoms with Crippen LogP contribution in [0.25, 0.3) is 0 Å². The minimum atomic E-state index is -4.80. The summed E-state index contributed by atoms with van der Waals surface area (Å²) in [7, 11) is -1.04. The Labute approximate surface area is 168 Å². The molecule has 10 heteroatoms. The number of hydrogen-bond donors (Lipinski definition) is 1. The molecule has 0 amide bonds. The van der Waals surface area contributed by atoms with Crippen LogP contribution in [0.1, 0.15) is 65.5 Å². The Balaban J connectivity index is 2.20. The lowest BCUT2D eigenvalue weighted by Crippen LogP contribution is -2.41. The van der Waals surface area contributed by atoms with Crippen molar-refractivity contribution in [3.05, 3.63) is 29.6 Å². The molecule has 1 aromatic rings. The van der Waals surface area contributed by atoms with E-state index in [9.17, 15) is 22.4 Å². The molecule has 5 nitrogen and oxygen atoms in total. The number of nitrogens with one attached hydrogen (secondary N) is 1. The average Bonchev–Trinajstić information content (AvgIpc) is 2.79. The Morgan fingerprint density at radius 2 is 1.79 bits per heavy atom. The molecule has 29 heavy (non-hydrogen) atoms. The van der Waals surface area contributed by atoms with Crippen molar-refractivity contribution in [1.82, 2.24) is 5.48 Å². The molecular weight excluding hydrogens is 393 g/mol. The fourth-order valence-electron chi connectivity index (χ4n) is 2.70. The smallest absolute Gasteiger partial charge is 0.399 e. The fraction of sp³-hybridized carbons (Fsp3) is 0.632. The van der Waals surface area contributed by atoms with Gasteiger partial charge in [0.05, 0.1) is 11.2 Å². The maximum Gasteiger partial charge on any atom is 0.497 e. The van der Waals surface area contributed by atoms with E-state index in [1.807, 2.05) is 6.92 Å². The Hall–Kier alpha value is -1.65. The Morgan fingerprint density at radius 1 is 1.21 bits per heavy atom. The van der Waals surface area contributed by atoms with Crippen molar-refractivity contribution in [3.8, 4) is 0 Å². The van der Waals surface area contributed by atoms with Crippen LogP contribution in [0.5, 0.6) is 0 Å². The molecule has 1 aliphatic heterocycles. The molecule has 1 atom stereocenters. The van der Waals surface area contributed by atoms with E-state index in [0.29, 0.717) is 12.8 Å². The monoisotopic (exact) mass is 419 g/mol. The van der Waals surface area contributed by atoms with Crippen LogP contribution in [0.3, 0.4) is 0 Å². The van der Waals surface area contributed by atoms with Gasteiger partial charge in [0.15, 0.2) is 6.04 Å². The number of hydrogen-bond acceptors (Lipinski definition) is 5. The fourth-order valence-corrected chi connectivity index (χ4v) is 2.70. The molecule has 0 bridgehead atoms. The zero-order chi connectivity index (χ0) is 22.0. The van der Waals surface area contributed by atoms with Gasteiger partial charge in [0, 0.05) is 11.9 Å². The highest BCUT2D eigenvalue weighted by molar-refractivity contribution is 6.62. The van der Waals surface area contributed by atoms with Crippen LogP contribution in [0.2, 0.25) is 0 Å². The molecule has 1 unspecified atom stereocenters. The van der Waals surface area contributed by atoms with E-state index in [1.54, 1.807) is 33.2 Å². The van der Waals surface area contributed by atoms with Crippen LogP contribution < -0.4 is 10.9 Å². The van der Waals surface area contributed by atoms with Gasteiger partial charge in [-0.25, -0.2) is 4.39 Å². The van der Waals surface area contributed by atoms with Crippen molar-refractivity contribution in [2.24, 2.45) is 0 Å². The molecule has 1 fully saturated rings. The maximum absolute atomic E-state index is 14.7. The summed E-state index contributed by atoms with van der Waals surface area (Å²) >= 11 is 0. The summed E-state index contributed by atoms with van der Waals surface area (Å²) in [5.74, 6) is -1.72. The number of alkyl halides is 3. The van der Waals surface area contributed by atoms with E-state index >= 15 is 0 Å². The number of unbranched alkanes of at least 4 members (excludes halogenated alkanes) is 1. The van der Waals surface area contributed by atoms with Gasteiger partial charge in [-0.3, -0.25) is 4.79 Å². The molecule has 1 heterocycles. The predicted octanol–water partition coefficient (Wildman–Crippen LogP) is 3.97. The third-order valence-corrected chi connectivity index (χ3v) is 5.22. The summed E-state index contributed by atoms with van der Waals surface area (Å²) in [4.78, 5) is 16.1. The highest BCUT2D eigenvalue weighted by atomic mass is 19.4. The summed E-state index contributed by atoms with van der Waals surface area (Å²) in [6, 6.07) is 0.668. The van der Waals surface area contributed by atoms with Crippen LogP contribution in [-0.2, 0) is 18.9 Å². The Morgan fingerprint density at radius 3 is 2.28 bits per heavy atom. The molecule has 162 valence electrons. The van der Waals surface area contributed by atoms with Crippen LogP contribution in [0.4, 0.5) is 17.6 Å². The van der Waals surface area contributed by atoms with Crippen LogP contribution in [0, 0.1) is 5.82 Å². The van der Waals surface area contributed by atoms with Crippen LogP contribution in [-0.4, -0.2) is 30.5 Å². The number of rotatable bonds is 7. The molecule has 0 saturated carbocycles. The Bertz CT molecular complexity index is 723. The summed E-state index contributed by atoms with van der Waals surface area (Å²) in [5, 5.41) is 0. The van der Waals surface area contributed by atoms with Crippen molar-refractivity contribution in [2.45, 2.75) is 77.3 Å². The molecule has 0 aliphatic carbocycles. The van der Waals surface area contributed by atoms with Crippen LogP contribution in [0.15, 0.2) is 18.2 Å². The molecule has 0 aromatic heterocycles. The van der Waals surface area contributed by atoms with Gasteiger partial charge in [0.1, 0.15) is 5.82 Å². The summed E-state index contributed by atoms with van der Waals surface area (Å²) < 4.78 is 66.4. The minimum absolute atomic E-state index is 0.00624. The quantitative estimate of drug-likeness (QED) is 0.412. The Kier molecular flexibility index (Phi) is 7.02. The van der Waals surface area contributed by atoms with E-state index in [-0.39, 0.29) is 11.9 Å². The molecule has 2 rings (SSSR count). The molecule has 0 radical (unpaired) electrons. The first kappa shape index (κ1) is 23.6. The van der Waals surface area contributed by atoms with Crippen molar-refractivity contribution in [1.29, 1.82) is 0 Å². The molecule has 1 aromatic carbocycles. The molecular formula is C19H26BF4NO4. The molecule has 0 spiro atoms. The molecule has 1 saturated heterocycles. The lowest BCUT2D eigenvalue weighted by Gasteiger charge is -2.32. The van der Waals surface area contributed by atoms with E-state index in [1.165, 1.54) is 6.07 Å². The van der Waals surface area contributed by atoms with E-state index in [2.05, 4.69) is 4.84 Å². The predicted molar refractivity (Wildman–Crippen MR) is 99.7 cm³/mol. The van der Waals surface area contributed by atoms with Gasteiger partial charge in [-0.05, 0) is 45.7 Å². The highest BCUT2D eigenvalue weighted by Crippen LogP contribution is 2.37. The van der Waals surface area contributed by atoms with Crippen LogP contribution >= 0.6 is 0 Å². The average molecular weight is 419 g/mol. The highest BCUT2D eigenvalue weighted by Gasteiger charge is 2.52. The van der Waals surface area contributed by atoms with Gasteiger partial charge >= 0.3 is 19.3 Å². The zero-order valence-corrected chi connectivity index (χ0v) is 17.2. The van der Waals surface area contributed by atoms with Crippen molar-refractivity contribution < 1.29 is 36.5 Å². The molecule has 1 aliphatic rings. The first-order valence-electron chi connectivity index (χ1n) is 9.45. The van der Waals surface area contributed by atoms with Gasteiger partial charge in [0.25, 0.3) is 0 Å². The summed E-state index contributed by atoms with van der Waals surface area (Å²) in [6.07, 6.45) is -3.62.